The third-order valence-corrected chi connectivity index (χ3v) is 4.03. The second-order valence-corrected chi connectivity index (χ2v) is 5.96. The summed E-state index contributed by atoms with van der Waals surface area (Å²) >= 11 is 0. The molecule has 2 rings (SSSR count). The van der Waals surface area contributed by atoms with Crippen molar-refractivity contribution in [2.75, 3.05) is 6.54 Å². The fourth-order valence-corrected chi connectivity index (χ4v) is 2.70. The topological polar surface area (TPSA) is 95.7 Å². The van der Waals surface area contributed by atoms with Gasteiger partial charge in [-0.1, -0.05) is 13.8 Å². The van der Waals surface area contributed by atoms with E-state index in [4.69, 9.17) is 0 Å². The zero-order valence-electron chi connectivity index (χ0n) is 13.2. The molecule has 1 fully saturated rings. The summed E-state index contributed by atoms with van der Waals surface area (Å²) in [6.07, 6.45) is -0.210. The predicted octanol–water partition coefficient (Wildman–Crippen LogP) is 1.08. The number of nitrogens with zero attached hydrogens (tertiary/aromatic N) is 3. The van der Waals surface area contributed by atoms with Crippen LogP contribution in [0, 0.1) is 0 Å². The Balaban J connectivity index is 2.31. The minimum absolute atomic E-state index is 0.0678. The van der Waals surface area contributed by atoms with Gasteiger partial charge in [0.05, 0.1) is 11.8 Å². The first-order chi connectivity index (χ1) is 10.3. The zero-order valence-corrected chi connectivity index (χ0v) is 13.2. The molecule has 122 valence electrons. The van der Waals surface area contributed by atoms with E-state index < -0.39 is 18.1 Å². The molecule has 1 amide bonds. The van der Waals surface area contributed by atoms with E-state index in [1.807, 2.05) is 20.8 Å². The van der Waals surface area contributed by atoms with Gasteiger partial charge in [0, 0.05) is 19.5 Å². The van der Waals surface area contributed by atoms with Gasteiger partial charge in [-0.05, 0) is 25.3 Å². The molecule has 22 heavy (non-hydrogen) atoms. The number of carboxylic acids is 1. The number of aromatic nitrogens is 2. The maximum Gasteiger partial charge on any atom is 0.326 e. The van der Waals surface area contributed by atoms with Crippen LogP contribution in [0.15, 0.2) is 6.07 Å². The molecule has 0 unspecified atom stereocenters. The second-order valence-electron chi connectivity index (χ2n) is 5.96. The zero-order chi connectivity index (χ0) is 16.4. The van der Waals surface area contributed by atoms with Gasteiger partial charge in [0.25, 0.3) is 5.91 Å². The van der Waals surface area contributed by atoms with Crippen LogP contribution in [-0.4, -0.2) is 55.5 Å². The summed E-state index contributed by atoms with van der Waals surface area (Å²) in [5, 5.41) is 23.4. The van der Waals surface area contributed by atoms with E-state index >= 15 is 0 Å². The van der Waals surface area contributed by atoms with Gasteiger partial charge in [-0.3, -0.25) is 9.48 Å². The van der Waals surface area contributed by atoms with Gasteiger partial charge in [-0.15, -0.1) is 0 Å². The molecule has 7 nitrogen and oxygen atoms in total. The molecule has 7 heteroatoms. The first-order valence-electron chi connectivity index (χ1n) is 7.64. The van der Waals surface area contributed by atoms with Crippen LogP contribution < -0.4 is 0 Å². The number of likely N-dealkylation sites (tertiary alicyclic amines) is 1. The van der Waals surface area contributed by atoms with Crippen molar-refractivity contribution in [3.05, 3.63) is 17.5 Å². The molecular formula is C15H23N3O4. The first-order valence-corrected chi connectivity index (χ1v) is 7.64. The number of carbonyl (C=O) groups is 2. The Bertz CT molecular complexity index is 567. The Morgan fingerprint density at radius 3 is 2.68 bits per heavy atom. The molecule has 0 aliphatic carbocycles. The molecule has 1 aliphatic rings. The quantitative estimate of drug-likeness (QED) is 0.867. The van der Waals surface area contributed by atoms with Crippen LogP contribution in [0.25, 0.3) is 0 Å². The lowest BCUT2D eigenvalue weighted by atomic mass is 9.99. The van der Waals surface area contributed by atoms with Crippen LogP contribution in [0.5, 0.6) is 0 Å². The summed E-state index contributed by atoms with van der Waals surface area (Å²) in [5.74, 6) is -1.22. The van der Waals surface area contributed by atoms with E-state index in [0.29, 0.717) is 18.7 Å². The minimum Gasteiger partial charge on any atom is -0.480 e. The van der Waals surface area contributed by atoms with Crippen molar-refractivity contribution >= 4 is 11.9 Å². The van der Waals surface area contributed by atoms with Crippen LogP contribution in [0.1, 0.15) is 55.7 Å². The van der Waals surface area contributed by atoms with E-state index in [9.17, 15) is 19.8 Å². The van der Waals surface area contributed by atoms with Gasteiger partial charge in [0.15, 0.2) is 0 Å². The predicted molar refractivity (Wildman–Crippen MR) is 79.7 cm³/mol. The molecule has 1 aliphatic heterocycles. The van der Waals surface area contributed by atoms with Crippen LogP contribution in [0.3, 0.4) is 0 Å². The van der Waals surface area contributed by atoms with Gasteiger partial charge < -0.3 is 15.1 Å². The molecule has 1 saturated heterocycles. The maximum atomic E-state index is 12.8. The van der Waals surface area contributed by atoms with Crippen molar-refractivity contribution in [1.29, 1.82) is 0 Å². The highest BCUT2D eigenvalue weighted by atomic mass is 16.4. The SMILES string of the molecule is CCn1nc(C(C)C)cc1C(=O)N1CC[C@H](O)C[C@@H]1C(=O)O. The summed E-state index contributed by atoms with van der Waals surface area (Å²) in [7, 11) is 0. The number of carboxylic acid groups (broad SMARTS) is 1. The third-order valence-electron chi connectivity index (χ3n) is 4.03. The number of aliphatic carboxylic acids is 1. The molecule has 2 heterocycles. The normalized spacial score (nSPS) is 22.1. The van der Waals surface area contributed by atoms with Crippen molar-refractivity contribution in [2.24, 2.45) is 0 Å². The van der Waals surface area contributed by atoms with Crippen LogP contribution >= 0.6 is 0 Å². The Hall–Kier alpha value is -1.89. The number of hydrogen-bond acceptors (Lipinski definition) is 4. The molecule has 2 N–H and O–H groups in total. The van der Waals surface area contributed by atoms with Crippen molar-refractivity contribution < 1.29 is 19.8 Å². The fourth-order valence-electron chi connectivity index (χ4n) is 2.70. The molecule has 1 aromatic heterocycles. The van der Waals surface area contributed by atoms with Gasteiger partial charge >= 0.3 is 5.97 Å². The van der Waals surface area contributed by atoms with Crippen molar-refractivity contribution in [3.8, 4) is 0 Å². The number of aliphatic hydroxyl groups is 1. The van der Waals surface area contributed by atoms with Gasteiger partial charge in [0.1, 0.15) is 11.7 Å². The minimum atomic E-state index is -1.08. The molecular weight excluding hydrogens is 286 g/mol. The van der Waals surface area contributed by atoms with E-state index in [-0.39, 0.29) is 24.8 Å². The molecule has 0 spiro atoms. The molecule has 0 aromatic carbocycles. The smallest absolute Gasteiger partial charge is 0.326 e. The molecule has 2 atom stereocenters. The van der Waals surface area contributed by atoms with E-state index in [1.165, 1.54) is 4.90 Å². The summed E-state index contributed by atoms with van der Waals surface area (Å²) < 4.78 is 1.61. The number of piperidine rings is 1. The third kappa shape index (κ3) is 3.14. The molecule has 0 radical (unpaired) electrons. The average Bonchev–Trinajstić information content (AvgIpc) is 2.90. The number of aliphatic hydroxyl groups excluding tert-OH is 1. The number of hydrogen-bond donors (Lipinski definition) is 2. The lowest BCUT2D eigenvalue weighted by Gasteiger charge is -2.35. The summed E-state index contributed by atoms with van der Waals surface area (Å²) in [5.41, 5.74) is 1.22. The second kappa shape index (κ2) is 6.48. The van der Waals surface area contributed by atoms with E-state index in [0.717, 1.165) is 5.69 Å². The van der Waals surface area contributed by atoms with Gasteiger partial charge in [0.2, 0.25) is 0 Å². The van der Waals surface area contributed by atoms with Crippen LogP contribution in [0.4, 0.5) is 0 Å². The Morgan fingerprint density at radius 1 is 1.45 bits per heavy atom. The summed E-state index contributed by atoms with van der Waals surface area (Å²) in [6, 6.07) is 0.749. The summed E-state index contributed by atoms with van der Waals surface area (Å²) in [6.45, 7) is 6.66. The lowest BCUT2D eigenvalue weighted by molar-refractivity contribution is -0.145. The van der Waals surface area contributed by atoms with Crippen molar-refractivity contribution in [3.63, 3.8) is 0 Å². The first kappa shape index (κ1) is 16.5. The Labute approximate surface area is 129 Å². The largest absolute Gasteiger partial charge is 0.480 e. The number of aryl methyl sites for hydroxylation is 1. The maximum absolute atomic E-state index is 12.8. The van der Waals surface area contributed by atoms with Gasteiger partial charge in [-0.2, -0.15) is 5.10 Å². The van der Waals surface area contributed by atoms with Crippen LogP contribution in [-0.2, 0) is 11.3 Å². The fraction of sp³-hybridized carbons (Fsp3) is 0.667. The van der Waals surface area contributed by atoms with Crippen molar-refractivity contribution in [1.82, 2.24) is 14.7 Å². The molecule has 0 bridgehead atoms. The molecule has 0 saturated carbocycles. The van der Waals surface area contributed by atoms with E-state index in [2.05, 4.69) is 5.10 Å². The standard InChI is InChI=1S/C15H23N3O4/c1-4-18-12(8-11(16-18)9(2)3)14(20)17-6-5-10(19)7-13(17)15(21)22/h8-10,13,19H,4-7H2,1-3H3,(H,21,22)/t10-,13+/m0/s1. The highest BCUT2D eigenvalue weighted by molar-refractivity contribution is 5.95. The number of carbonyl (C=O) groups excluding carboxylic acids is 1. The highest BCUT2D eigenvalue weighted by Gasteiger charge is 2.37. The average molecular weight is 309 g/mol. The van der Waals surface area contributed by atoms with E-state index in [1.54, 1.807) is 10.7 Å². The Kier molecular flexibility index (Phi) is 4.85. The lowest BCUT2D eigenvalue weighted by Crippen LogP contribution is -2.51. The Morgan fingerprint density at radius 2 is 2.14 bits per heavy atom. The number of amides is 1. The van der Waals surface area contributed by atoms with Crippen molar-refractivity contribution in [2.45, 2.75) is 58.2 Å². The van der Waals surface area contributed by atoms with Crippen LogP contribution in [0.2, 0.25) is 0 Å². The molecule has 1 aromatic rings. The summed E-state index contributed by atoms with van der Waals surface area (Å²) in [4.78, 5) is 25.5. The monoisotopic (exact) mass is 309 g/mol. The highest BCUT2D eigenvalue weighted by Crippen LogP contribution is 2.22. The van der Waals surface area contributed by atoms with Gasteiger partial charge in [-0.25, -0.2) is 4.79 Å². The number of rotatable bonds is 4.